The summed E-state index contributed by atoms with van der Waals surface area (Å²) in [6.45, 7) is 2.46. The van der Waals surface area contributed by atoms with Gasteiger partial charge in [0.05, 0.1) is 11.4 Å². The van der Waals surface area contributed by atoms with Crippen LogP contribution in [-0.4, -0.2) is 33.4 Å². The van der Waals surface area contributed by atoms with E-state index in [2.05, 4.69) is 5.32 Å². The molecule has 4 rings (SSSR count). The lowest BCUT2D eigenvalue weighted by molar-refractivity contribution is 0.102. The Morgan fingerprint density at radius 3 is 2.79 bits per heavy atom. The monoisotopic (exact) mass is 402 g/mol. The van der Waals surface area contributed by atoms with Gasteiger partial charge in [-0.3, -0.25) is 9.10 Å². The number of fused-ring (bicyclic) bond motifs is 2. The van der Waals surface area contributed by atoms with Crippen molar-refractivity contribution in [3.8, 4) is 11.5 Å². The van der Waals surface area contributed by atoms with Crippen LogP contribution in [0.5, 0.6) is 11.5 Å². The Hall–Kier alpha value is -2.74. The van der Waals surface area contributed by atoms with Crippen LogP contribution in [-0.2, 0) is 16.4 Å². The Morgan fingerprint density at radius 1 is 1.14 bits per heavy atom. The zero-order chi connectivity index (χ0) is 19.7. The molecule has 0 unspecified atom stereocenters. The molecule has 28 heavy (non-hydrogen) atoms. The fourth-order valence-corrected chi connectivity index (χ4v) is 5.13. The third-order valence-corrected chi connectivity index (χ3v) is 6.83. The first-order valence-corrected chi connectivity index (χ1v) is 10.9. The van der Waals surface area contributed by atoms with Crippen LogP contribution in [0.4, 0.5) is 11.4 Å². The second-order valence-electron chi connectivity index (χ2n) is 6.86. The number of nitrogens with zero attached hydrogens (tertiary/aromatic N) is 1. The summed E-state index contributed by atoms with van der Waals surface area (Å²) in [5.74, 6) is 0.967. The van der Waals surface area contributed by atoms with E-state index < -0.39 is 10.0 Å². The lowest BCUT2D eigenvalue weighted by Gasteiger charge is -2.31. The summed E-state index contributed by atoms with van der Waals surface area (Å²) in [6, 6.07) is 10.4. The number of ether oxygens (including phenoxy) is 2. The van der Waals surface area contributed by atoms with Crippen LogP contribution in [0.1, 0.15) is 35.7 Å². The fraction of sp³-hybridized carbons (Fsp3) is 0.350. The Labute approximate surface area is 164 Å². The minimum Gasteiger partial charge on any atom is -0.454 e. The van der Waals surface area contributed by atoms with Crippen LogP contribution in [0.25, 0.3) is 0 Å². The number of benzene rings is 2. The van der Waals surface area contributed by atoms with Crippen molar-refractivity contribution in [3.63, 3.8) is 0 Å². The van der Waals surface area contributed by atoms with Gasteiger partial charge in [0, 0.05) is 17.8 Å². The summed E-state index contributed by atoms with van der Waals surface area (Å²) in [5.41, 5.74) is 2.63. The van der Waals surface area contributed by atoms with Gasteiger partial charge in [0.15, 0.2) is 11.5 Å². The van der Waals surface area contributed by atoms with Crippen LogP contribution in [0.15, 0.2) is 36.4 Å². The minimum atomic E-state index is -3.36. The molecule has 0 saturated heterocycles. The van der Waals surface area contributed by atoms with Crippen LogP contribution in [0.3, 0.4) is 0 Å². The molecule has 0 fully saturated rings. The fourth-order valence-electron chi connectivity index (χ4n) is 3.52. The van der Waals surface area contributed by atoms with Crippen molar-refractivity contribution in [1.29, 1.82) is 0 Å². The summed E-state index contributed by atoms with van der Waals surface area (Å²) in [4.78, 5) is 12.6. The van der Waals surface area contributed by atoms with Crippen molar-refractivity contribution < 1.29 is 22.7 Å². The Balaban J connectivity index is 1.59. The van der Waals surface area contributed by atoms with E-state index in [4.69, 9.17) is 9.47 Å². The SMILES string of the molecule is CCCS(=O)(=O)N1CCCc2ccc(NC(=O)c3ccc4c(c3)OCO4)cc21. The summed E-state index contributed by atoms with van der Waals surface area (Å²) < 4.78 is 37.3. The quantitative estimate of drug-likeness (QED) is 0.830. The highest BCUT2D eigenvalue weighted by molar-refractivity contribution is 7.92. The van der Waals surface area contributed by atoms with Crippen molar-refractivity contribution in [2.45, 2.75) is 26.2 Å². The first kappa shape index (κ1) is 18.6. The maximum atomic E-state index is 12.6. The molecule has 2 heterocycles. The summed E-state index contributed by atoms with van der Waals surface area (Å²) in [7, 11) is -3.36. The van der Waals surface area contributed by atoms with E-state index >= 15 is 0 Å². The topological polar surface area (TPSA) is 84.9 Å². The van der Waals surface area contributed by atoms with Crippen molar-refractivity contribution in [3.05, 3.63) is 47.5 Å². The maximum Gasteiger partial charge on any atom is 0.255 e. The first-order chi connectivity index (χ1) is 13.5. The van der Waals surface area contributed by atoms with E-state index in [9.17, 15) is 13.2 Å². The number of hydrogen-bond acceptors (Lipinski definition) is 5. The zero-order valence-corrected chi connectivity index (χ0v) is 16.4. The van der Waals surface area contributed by atoms with Crippen molar-refractivity contribution in [2.24, 2.45) is 0 Å². The molecule has 1 amide bonds. The molecular formula is C20H22N2O5S. The molecule has 2 aromatic carbocycles. The molecule has 2 aliphatic heterocycles. The van der Waals surface area contributed by atoms with Gasteiger partial charge in [-0.05, 0) is 55.2 Å². The number of rotatable bonds is 5. The largest absolute Gasteiger partial charge is 0.454 e. The predicted octanol–water partition coefficient (Wildman–Crippen LogP) is 3.16. The van der Waals surface area contributed by atoms with Crippen molar-refractivity contribution in [2.75, 3.05) is 28.7 Å². The first-order valence-electron chi connectivity index (χ1n) is 9.32. The number of amides is 1. The second kappa shape index (κ2) is 7.35. The molecular weight excluding hydrogens is 380 g/mol. The van der Waals surface area contributed by atoms with Gasteiger partial charge in [0.1, 0.15) is 0 Å². The Kier molecular flexibility index (Phi) is 4.89. The smallest absolute Gasteiger partial charge is 0.255 e. The average Bonchev–Trinajstić information content (AvgIpc) is 3.15. The molecule has 0 aromatic heterocycles. The van der Waals surface area contributed by atoms with Gasteiger partial charge in [-0.1, -0.05) is 13.0 Å². The van der Waals surface area contributed by atoms with Gasteiger partial charge in [-0.2, -0.15) is 0 Å². The highest BCUT2D eigenvalue weighted by Crippen LogP contribution is 2.34. The maximum absolute atomic E-state index is 12.6. The predicted molar refractivity (Wildman–Crippen MR) is 107 cm³/mol. The zero-order valence-electron chi connectivity index (χ0n) is 15.6. The Bertz CT molecular complexity index is 1020. The van der Waals surface area contributed by atoms with Crippen LogP contribution in [0.2, 0.25) is 0 Å². The number of hydrogen-bond donors (Lipinski definition) is 1. The molecule has 0 saturated carbocycles. The molecule has 0 bridgehead atoms. The van der Waals surface area contributed by atoms with E-state index in [-0.39, 0.29) is 18.5 Å². The van der Waals surface area contributed by atoms with Crippen molar-refractivity contribution >= 4 is 27.3 Å². The highest BCUT2D eigenvalue weighted by Gasteiger charge is 2.27. The summed E-state index contributed by atoms with van der Waals surface area (Å²) in [6.07, 6.45) is 2.18. The van der Waals surface area contributed by atoms with Gasteiger partial charge in [0.2, 0.25) is 16.8 Å². The molecule has 8 heteroatoms. The van der Waals surface area contributed by atoms with E-state index in [1.807, 2.05) is 13.0 Å². The van der Waals surface area contributed by atoms with Crippen molar-refractivity contribution in [1.82, 2.24) is 0 Å². The number of aryl methyl sites for hydroxylation is 1. The number of anilines is 2. The minimum absolute atomic E-state index is 0.111. The number of carbonyl (C=O) groups is 1. The third kappa shape index (κ3) is 3.52. The van der Waals surface area contributed by atoms with Gasteiger partial charge >= 0.3 is 0 Å². The van der Waals surface area contributed by atoms with Gasteiger partial charge in [-0.15, -0.1) is 0 Å². The van der Waals surface area contributed by atoms with Crippen LogP contribution >= 0.6 is 0 Å². The molecule has 0 radical (unpaired) electrons. The number of carbonyl (C=O) groups excluding carboxylic acids is 1. The highest BCUT2D eigenvalue weighted by atomic mass is 32.2. The van der Waals surface area contributed by atoms with Gasteiger partial charge < -0.3 is 14.8 Å². The van der Waals surface area contributed by atoms with E-state index in [1.165, 1.54) is 4.31 Å². The number of nitrogens with one attached hydrogen (secondary N) is 1. The molecule has 0 spiro atoms. The van der Waals surface area contributed by atoms with Gasteiger partial charge in [0.25, 0.3) is 5.91 Å². The van der Waals surface area contributed by atoms with E-state index in [0.29, 0.717) is 41.4 Å². The standard InChI is InChI=1S/C20H22N2O5S/c1-2-10-28(24,25)22-9-3-4-14-5-7-16(12-17(14)22)21-20(23)15-6-8-18-19(11-15)27-13-26-18/h5-8,11-12H,2-4,9-10,13H2,1H3,(H,21,23). The normalized spacial score (nSPS) is 15.2. The molecule has 2 aliphatic rings. The summed E-state index contributed by atoms with van der Waals surface area (Å²) in [5, 5.41) is 2.85. The second-order valence-corrected chi connectivity index (χ2v) is 8.87. The molecule has 7 nitrogen and oxygen atoms in total. The lowest BCUT2D eigenvalue weighted by Crippen LogP contribution is -2.37. The molecule has 2 aromatic rings. The van der Waals surface area contributed by atoms with E-state index in [0.717, 1.165) is 18.4 Å². The molecule has 0 atom stereocenters. The van der Waals surface area contributed by atoms with E-state index in [1.54, 1.807) is 30.3 Å². The third-order valence-electron chi connectivity index (χ3n) is 4.85. The summed E-state index contributed by atoms with van der Waals surface area (Å²) >= 11 is 0. The molecule has 148 valence electrons. The average molecular weight is 402 g/mol. The lowest BCUT2D eigenvalue weighted by atomic mass is 10.0. The molecule has 1 N–H and O–H groups in total. The Morgan fingerprint density at radius 2 is 1.96 bits per heavy atom. The van der Waals surface area contributed by atoms with Crippen LogP contribution in [0, 0.1) is 0 Å². The van der Waals surface area contributed by atoms with Gasteiger partial charge in [-0.25, -0.2) is 8.42 Å². The van der Waals surface area contributed by atoms with Crippen LogP contribution < -0.4 is 19.1 Å². The number of sulfonamides is 1. The molecule has 0 aliphatic carbocycles.